The van der Waals surface area contributed by atoms with Gasteiger partial charge in [0.2, 0.25) is 5.91 Å². The first-order valence-electron chi connectivity index (χ1n) is 6.02. The zero-order chi connectivity index (χ0) is 14.1. The van der Waals surface area contributed by atoms with Crippen LogP contribution in [0.2, 0.25) is 0 Å². The Bertz CT molecular complexity index is 413. The van der Waals surface area contributed by atoms with Crippen LogP contribution in [0.25, 0.3) is 0 Å². The van der Waals surface area contributed by atoms with Crippen LogP contribution in [0.5, 0.6) is 0 Å². The van der Waals surface area contributed by atoms with Gasteiger partial charge in [0.1, 0.15) is 6.04 Å². The van der Waals surface area contributed by atoms with E-state index in [1.807, 2.05) is 35.6 Å². The molecular weight excluding hydrogens is 236 g/mol. The molecule has 18 heavy (non-hydrogen) atoms. The molecule has 0 saturated heterocycles. The molecule has 0 fully saturated rings. The molecule has 0 spiro atoms. The van der Waals surface area contributed by atoms with Crippen LogP contribution < -0.4 is 10.6 Å². The smallest absolute Gasteiger partial charge is 0.405 e. The largest absolute Gasteiger partial charge is 0.465 e. The maximum Gasteiger partial charge on any atom is 0.405 e. The van der Waals surface area contributed by atoms with E-state index >= 15 is 0 Å². The summed E-state index contributed by atoms with van der Waals surface area (Å²) in [5, 5.41) is 13.3. The van der Waals surface area contributed by atoms with E-state index in [2.05, 4.69) is 5.32 Å². The van der Waals surface area contributed by atoms with E-state index in [1.54, 1.807) is 0 Å². The fourth-order valence-electron chi connectivity index (χ4n) is 1.36. The van der Waals surface area contributed by atoms with Crippen molar-refractivity contribution in [3.8, 4) is 0 Å². The molecule has 98 valence electrons. The molecule has 0 aromatic heterocycles. The fraction of sp³-hybridized carbons (Fsp3) is 0.333. The summed E-state index contributed by atoms with van der Waals surface area (Å²) < 4.78 is 11.6. The summed E-state index contributed by atoms with van der Waals surface area (Å²) in [5.41, 5.74) is 0.909. The Balaban J connectivity index is 2.48. The van der Waals surface area contributed by atoms with Crippen molar-refractivity contribution in [2.45, 2.75) is 12.6 Å². The van der Waals surface area contributed by atoms with E-state index in [1.165, 1.54) is 0 Å². The lowest BCUT2D eigenvalue weighted by molar-refractivity contribution is -0.124. The first-order chi connectivity index (χ1) is 9.13. The Morgan fingerprint density at radius 1 is 1.44 bits per heavy atom. The molecule has 3 N–H and O–H groups in total. The summed E-state index contributed by atoms with van der Waals surface area (Å²) >= 11 is 0. The number of ether oxygens (including phenoxy) is 1. The van der Waals surface area contributed by atoms with Gasteiger partial charge in [0.15, 0.2) is 0 Å². The lowest BCUT2D eigenvalue weighted by atomic mass is 10.2. The van der Waals surface area contributed by atoms with Crippen LogP contribution in [0.3, 0.4) is 0 Å². The highest BCUT2D eigenvalue weighted by Crippen LogP contribution is 1.97. The number of rotatable bonds is 6. The van der Waals surface area contributed by atoms with Gasteiger partial charge in [-0.2, -0.15) is 0 Å². The van der Waals surface area contributed by atoms with Crippen molar-refractivity contribution in [2.24, 2.45) is 0 Å². The second kappa shape index (κ2) is 7.29. The Morgan fingerprint density at radius 2 is 2.17 bits per heavy atom. The number of amides is 2. The van der Waals surface area contributed by atoms with Gasteiger partial charge in [0.25, 0.3) is 0 Å². The standard InChI is InChI=1S/C12H16N2O4/c1-18-8-10(14-12(16)17)11(15)13-7-9-5-3-2-4-6-9/h2-6,10,14H,7-8H2,1H3,(H,13,15)(H,16,17)/i1D. The second-order valence-electron chi connectivity index (χ2n) is 3.58. The van der Waals surface area contributed by atoms with Gasteiger partial charge in [0.05, 0.1) is 7.98 Å². The highest BCUT2D eigenvalue weighted by atomic mass is 16.5. The minimum atomic E-state index is -1.31. The lowest BCUT2D eigenvalue weighted by Gasteiger charge is -2.15. The molecule has 0 aliphatic rings. The van der Waals surface area contributed by atoms with Gasteiger partial charge in [-0.15, -0.1) is 0 Å². The second-order valence-corrected chi connectivity index (χ2v) is 3.58. The first-order valence-corrected chi connectivity index (χ1v) is 5.31. The number of hydrogen-bond donors (Lipinski definition) is 3. The maximum atomic E-state index is 11.8. The van der Waals surface area contributed by atoms with E-state index in [0.29, 0.717) is 6.54 Å². The third-order valence-electron chi connectivity index (χ3n) is 2.21. The fourth-order valence-corrected chi connectivity index (χ4v) is 1.36. The van der Waals surface area contributed by atoms with Crippen molar-refractivity contribution in [3.63, 3.8) is 0 Å². The number of hydrogen-bond acceptors (Lipinski definition) is 3. The van der Waals surface area contributed by atoms with Crippen molar-refractivity contribution < 1.29 is 20.8 Å². The molecule has 0 aliphatic carbocycles. The number of methoxy groups -OCH3 is 1. The molecule has 0 aliphatic heterocycles. The molecule has 0 heterocycles. The topological polar surface area (TPSA) is 87.7 Å². The van der Waals surface area contributed by atoms with Crippen LogP contribution >= 0.6 is 0 Å². The summed E-state index contributed by atoms with van der Waals surface area (Å²) in [7, 11) is -0.330. The Kier molecular flexibility index (Phi) is 5.01. The number of carboxylic acid groups (broad SMARTS) is 1. The van der Waals surface area contributed by atoms with Gasteiger partial charge < -0.3 is 20.5 Å². The van der Waals surface area contributed by atoms with Crippen LogP contribution in [-0.2, 0) is 16.1 Å². The predicted octanol–water partition coefficient (Wildman–Crippen LogP) is 0.585. The average Bonchev–Trinajstić information content (AvgIpc) is 2.41. The Hall–Kier alpha value is -2.08. The van der Waals surface area contributed by atoms with Crippen molar-refractivity contribution in [2.75, 3.05) is 13.7 Å². The summed E-state index contributed by atoms with van der Waals surface area (Å²) in [6, 6.07) is 8.23. The molecule has 1 unspecified atom stereocenters. The van der Waals surface area contributed by atoms with E-state index < -0.39 is 18.0 Å². The van der Waals surface area contributed by atoms with Crippen molar-refractivity contribution in [3.05, 3.63) is 35.9 Å². The minimum absolute atomic E-state index is 0.170. The number of carbonyl (C=O) groups excluding carboxylic acids is 1. The van der Waals surface area contributed by atoms with E-state index in [0.717, 1.165) is 5.56 Å². The number of benzene rings is 1. The van der Waals surface area contributed by atoms with E-state index in [4.69, 9.17) is 11.2 Å². The molecule has 0 bridgehead atoms. The quantitative estimate of drug-likeness (QED) is 0.692. The van der Waals surface area contributed by atoms with E-state index in [-0.39, 0.29) is 13.7 Å². The van der Waals surface area contributed by atoms with Gasteiger partial charge in [-0.25, -0.2) is 4.79 Å². The molecule has 1 atom stereocenters. The van der Waals surface area contributed by atoms with Gasteiger partial charge in [-0.3, -0.25) is 4.79 Å². The number of nitrogens with one attached hydrogen (secondary N) is 2. The third-order valence-corrected chi connectivity index (χ3v) is 2.21. The molecule has 2 amide bonds. The normalized spacial score (nSPS) is 12.3. The summed E-state index contributed by atoms with van der Waals surface area (Å²) in [4.78, 5) is 22.3. The van der Waals surface area contributed by atoms with Crippen LogP contribution in [-0.4, -0.2) is 36.8 Å². The minimum Gasteiger partial charge on any atom is -0.465 e. The maximum absolute atomic E-state index is 11.8. The van der Waals surface area contributed by atoms with Crippen LogP contribution in [0.1, 0.15) is 6.93 Å². The van der Waals surface area contributed by atoms with Gasteiger partial charge >= 0.3 is 6.09 Å². The van der Waals surface area contributed by atoms with Crippen LogP contribution in [0, 0.1) is 0 Å². The molecule has 6 heteroatoms. The Labute approximate surface area is 106 Å². The van der Waals surface area contributed by atoms with Gasteiger partial charge in [-0.05, 0) is 5.56 Å². The Morgan fingerprint density at radius 3 is 2.78 bits per heavy atom. The molecule has 6 nitrogen and oxygen atoms in total. The van der Waals surface area contributed by atoms with Crippen molar-refractivity contribution in [1.82, 2.24) is 10.6 Å². The highest BCUT2D eigenvalue weighted by Gasteiger charge is 2.19. The number of carbonyl (C=O) groups is 2. The van der Waals surface area contributed by atoms with Crippen molar-refractivity contribution in [1.29, 1.82) is 0 Å². The average molecular weight is 253 g/mol. The zero-order valence-electron chi connectivity index (χ0n) is 10.8. The van der Waals surface area contributed by atoms with Crippen molar-refractivity contribution >= 4 is 12.0 Å². The first kappa shape index (κ1) is 12.4. The molecule has 1 rings (SSSR count). The molecule has 1 aromatic rings. The summed E-state index contributed by atoms with van der Waals surface area (Å²) in [6.45, 7) is 0.134. The van der Waals surface area contributed by atoms with Crippen LogP contribution in [0.4, 0.5) is 4.79 Å². The SMILES string of the molecule is [2H]COCC(NC(=O)O)C(=O)NCc1ccccc1. The zero-order valence-corrected chi connectivity index (χ0v) is 9.76. The van der Waals surface area contributed by atoms with E-state index in [9.17, 15) is 9.59 Å². The summed E-state index contributed by atoms with van der Waals surface area (Å²) in [5.74, 6) is -0.486. The summed E-state index contributed by atoms with van der Waals surface area (Å²) in [6.07, 6.45) is -1.31. The molecular formula is C12H16N2O4. The predicted molar refractivity (Wildman–Crippen MR) is 65.1 cm³/mol. The molecule has 0 radical (unpaired) electrons. The molecule has 1 aromatic carbocycles. The lowest BCUT2D eigenvalue weighted by Crippen LogP contribution is -2.48. The highest BCUT2D eigenvalue weighted by molar-refractivity contribution is 5.85. The van der Waals surface area contributed by atoms with Crippen LogP contribution in [0.15, 0.2) is 30.3 Å². The third kappa shape index (κ3) is 4.84. The van der Waals surface area contributed by atoms with Gasteiger partial charge in [0, 0.05) is 13.6 Å². The monoisotopic (exact) mass is 253 g/mol. The van der Waals surface area contributed by atoms with Gasteiger partial charge in [-0.1, -0.05) is 30.3 Å². The molecule has 0 saturated carbocycles.